The Kier molecular flexibility index (Phi) is 5.33. The number of aryl methyl sites for hydroxylation is 1. The zero-order valence-electron chi connectivity index (χ0n) is 12.0. The number of aromatic nitrogens is 1. The van der Waals surface area contributed by atoms with E-state index in [0.717, 1.165) is 15.8 Å². The first kappa shape index (κ1) is 15.5. The number of ether oxygens (including phenoxy) is 1. The number of hydrogen-bond donors (Lipinski definition) is 0. The Morgan fingerprint density at radius 2 is 2.14 bits per heavy atom. The third-order valence-corrected chi connectivity index (χ3v) is 3.45. The molecular formula is C16H17BrN2O2. The number of carbonyl (C=O) groups excluding carboxylic acids is 1. The molecule has 2 rings (SSSR count). The summed E-state index contributed by atoms with van der Waals surface area (Å²) in [6, 6.07) is 11.3. The zero-order chi connectivity index (χ0) is 15.2. The lowest BCUT2D eigenvalue weighted by molar-refractivity contribution is 0.0768. The normalized spacial score (nSPS) is 10.2. The molecule has 0 aliphatic heterocycles. The van der Waals surface area contributed by atoms with E-state index in [1.807, 2.05) is 31.2 Å². The van der Waals surface area contributed by atoms with Crippen LogP contribution in [-0.2, 0) is 0 Å². The van der Waals surface area contributed by atoms with Crippen molar-refractivity contribution < 1.29 is 9.53 Å². The van der Waals surface area contributed by atoms with Crippen molar-refractivity contribution in [2.45, 2.75) is 6.92 Å². The summed E-state index contributed by atoms with van der Waals surface area (Å²) in [6.45, 7) is 2.97. The monoisotopic (exact) mass is 348 g/mol. The van der Waals surface area contributed by atoms with Crippen LogP contribution in [0.5, 0.6) is 5.75 Å². The van der Waals surface area contributed by atoms with Crippen molar-refractivity contribution >= 4 is 21.8 Å². The molecule has 0 aliphatic carbocycles. The summed E-state index contributed by atoms with van der Waals surface area (Å²) in [5.74, 6) is 0.702. The Hall–Kier alpha value is -1.88. The molecule has 1 aromatic carbocycles. The maximum absolute atomic E-state index is 12.1. The maximum atomic E-state index is 12.1. The average molecular weight is 349 g/mol. The van der Waals surface area contributed by atoms with E-state index in [4.69, 9.17) is 4.74 Å². The largest absolute Gasteiger partial charge is 0.492 e. The van der Waals surface area contributed by atoms with E-state index < -0.39 is 0 Å². The van der Waals surface area contributed by atoms with Crippen LogP contribution in [-0.4, -0.2) is 36.0 Å². The first-order valence-corrected chi connectivity index (χ1v) is 7.42. The van der Waals surface area contributed by atoms with E-state index in [0.29, 0.717) is 18.8 Å². The molecule has 0 radical (unpaired) electrons. The maximum Gasteiger partial charge on any atom is 0.272 e. The van der Waals surface area contributed by atoms with Gasteiger partial charge in [-0.25, -0.2) is 4.98 Å². The topological polar surface area (TPSA) is 42.4 Å². The number of likely N-dealkylation sites (N-methyl/N-ethyl adjacent to an activating group) is 1. The van der Waals surface area contributed by atoms with Gasteiger partial charge in [0.25, 0.3) is 5.91 Å². The summed E-state index contributed by atoms with van der Waals surface area (Å²) in [5.41, 5.74) is 1.58. The van der Waals surface area contributed by atoms with Crippen LogP contribution in [0.15, 0.2) is 47.1 Å². The Morgan fingerprint density at radius 1 is 1.33 bits per heavy atom. The van der Waals surface area contributed by atoms with Crippen molar-refractivity contribution in [3.05, 3.63) is 58.3 Å². The molecule has 0 bridgehead atoms. The minimum absolute atomic E-state index is 0.115. The molecule has 1 aromatic heterocycles. The first-order chi connectivity index (χ1) is 10.1. The SMILES string of the molecule is Cc1cccc(OCCN(C)C(=O)c2ccc(Br)cn2)c1. The number of amides is 1. The Labute approximate surface area is 132 Å². The third-order valence-electron chi connectivity index (χ3n) is 2.98. The van der Waals surface area contributed by atoms with Gasteiger partial charge in [0.2, 0.25) is 0 Å². The van der Waals surface area contributed by atoms with Gasteiger partial charge in [0.15, 0.2) is 0 Å². The fourth-order valence-corrected chi connectivity index (χ4v) is 2.04. The molecule has 0 saturated heterocycles. The standard InChI is InChI=1S/C16H17BrN2O2/c1-12-4-3-5-14(10-12)21-9-8-19(2)16(20)15-7-6-13(17)11-18-15/h3-7,10-11H,8-9H2,1-2H3. The van der Waals surface area contributed by atoms with Gasteiger partial charge in [-0.2, -0.15) is 0 Å². The van der Waals surface area contributed by atoms with Gasteiger partial charge in [0, 0.05) is 17.7 Å². The second-order valence-electron chi connectivity index (χ2n) is 4.75. The van der Waals surface area contributed by atoms with E-state index >= 15 is 0 Å². The summed E-state index contributed by atoms with van der Waals surface area (Å²) in [5, 5.41) is 0. The van der Waals surface area contributed by atoms with E-state index in [1.165, 1.54) is 0 Å². The van der Waals surface area contributed by atoms with Gasteiger partial charge in [-0.15, -0.1) is 0 Å². The molecule has 5 heteroatoms. The van der Waals surface area contributed by atoms with Crippen LogP contribution in [0.3, 0.4) is 0 Å². The highest BCUT2D eigenvalue weighted by atomic mass is 79.9. The molecule has 0 atom stereocenters. The fraction of sp³-hybridized carbons (Fsp3) is 0.250. The highest BCUT2D eigenvalue weighted by Crippen LogP contribution is 2.12. The van der Waals surface area contributed by atoms with E-state index in [2.05, 4.69) is 20.9 Å². The van der Waals surface area contributed by atoms with Gasteiger partial charge in [-0.3, -0.25) is 4.79 Å². The molecule has 0 spiro atoms. The Balaban J connectivity index is 1.85. The van der Waals surface area contributed by atoms with E-state index in [1.54, 1.807) is 30.3 Å². The predicted octanol–water partition coefficient (Wildman–Crippen LogP) is 3.30. The molecule has 0 fully saturated rings. The van der Waals surface area contributed by atoms with E-state index in [9.17, 15) is 4.79 Å². The van der Waals surface area contributed by atoms with Crippen molar-refractivity contribution in [3.63, 3.8) is 0 Å². The molecule has 0 saturated carbocycles. The average Bonchev–Trinajstić information content (AvgIpc) is 2.47. The quantitative estimate of drug-likeness (QED) is 0.832. The van der Waals surface area contributed by atoms with Crippen molar-refractivity contribution in [1.29, 1.82) is 0 Å². The lowest BCUT2D eigenvalue weighted by Crippen LogP contribution is -2.31. The summed E-state index contributed by atoms with van der Waals surface area (Å²) >= 11 is 3.30. The van der Waals surface area contributed by atoms with Gasteiger partial charge in [-0.05, 0) is 52.7 Å². The highest BCUT2D eigenvalue weighted by Gasteiger charge is 2.12. The number of halogens is 1. The first-order valence-electron chi connectivity index (χ1n) is 6.63. The van der Waals surface area contributed by atoms with Gasteiger partial charge in [-0.1, -0.05) is 12.1 Å². The summed E-state index contributed by atoms with van der Waals surface area (Å²) in [6.07, 6.45) is 1.62. The third kappa shape index (κ3) is 4.56. The Morgan fingerprint density at radius 3 is 2.81 bits per heavy atom. The number of hydrogen-bond acceptors (Lipinski definition) is 3. The minimum atomic E-state index is -0.115. The van der Waals surface area contributed by atoms with Crippen LogP contribution in [0.2, 0.25) is 0 Å². The molecule has 2 aromatic rings. The van der Waals surface area contributed by atoms with Crippen LogP contribution in [0.4, 0.5) is 0 Å². The number of pyridine rings is 1. The predicted molar refractivity (Wildman–Crippen MR) is 85.6 cm³/mol. The van der Waals surface area contributed by atoms with Gasteiger partial charge >= 0.3 is 0 Å². The molecule has 1 heterocycles. The number of carbonyl (C=O) groups is 1. The van der Waals surface area contributed by atoms with Crippen molar-refractivity contribution in [3.8, 4) is 5.75 Å². The fourth-order valence-electron chi connectivity index (χ4n) is 1.80. The summed E-state index contributed by atoms with van der Waals surface area (Å²) in [7, 11) is 1.74. The molecule has 110 valence electrons. The van der Waals surface area contributed by atoms with Crippen LogP contribution in [0.25, 0.3) is 0 Å². The van der Waals surface area contributed by atoms with Crippen LogP contribution < -0.4 is 4.74 Å². The highest BCUT2D eigenvalue weighted by molar-refractivity contribution is 9.10. The molecule has 4 nitrogen and oxygen atoms in total. The molecule has 0 unspecified atom stereocenters. The zero-order valence-corrected chi connectivity index (χ0v) is 13.6. The number of benzene rings is 1. The smallest absolute Gasteiger partial charge is 0.272 e. The van der Waals surface area contributed by atoms with Gasteiger partial charge in [0.1, 0.15) is 18.1 Å². The lowest BCUT2D eigenvalue weighted by atomic mass is 10.2. The number of nitrogens with zero attached hydrogens (tertiary/aromatic N) is 2. The van der Waals surface area contributed by atoms with Crippen LogP contribution in [0.1, 0.15) is 16.1 Å². The number of rotatable bonds is 5. The Bertz CT molecular complexity index is 614. The second kappa shape index (κ2) is 7.22. The summed E-state index contributed by atoms with van der Waals surface area (Å²) in [4.78, 5) is 17.8. The second-order valence-corrected chi connectivity index (χ2v) is 5.67. The molecule has 1 amide bonds. The van der Waals surface area contributed by atoms with Crippen molar-refractivity contribution in [1.82, 2.24) is 9.88 Å². The van der Waals surface area contributed by atoms with Gasteiger partial charge < -0.3 is 9.64 Å². The molecule has 0 aliphatic rings. The van der Waals surface area contributed by atoms with Crippen molar-refractivity contribution in [2.75, 3.05) is 20.2 Å². The molecular weight excluding hydrogens is 332 g/mol. The van der Waals surface area contributed by atoms with Crippen molar-refractivity contribution in [2.24, 2.45) is 0 Å². The molecule has 21 heavy (non-hydrogen) atoms. The summed E-state index contributed by atoms with van der Waals surface area (Å²) < 4.78 is 6.49. The van der Waals surface area contributed by atoms with Crippen LogP contribution >= 0.6 is 15.9 Å². The lowest BCUT2D eigenvalue weighted by Gasteiger charge is -2.17. The van der Waals surface area contributed by atoms with Crippen LogP contribution in [0, 0.1) is 6.92 Å². The van der Waals surface area contributed by atoms with Gasteiger partial charge in [0.05, 0.1) is 6.54 Å². The minimum Gasteiger partial charge on any atom is -0.492 e. The molecule has 0 N–H and O–H groups in total. The van der Waals surface area contributed by atoms with E-state index in [-0.39, 0.29) is 5.91 Å².